The van der Waals surface area contributed by atoms with E-state index < -0.39 is 68.2 Å². The molecule has 1 heterocycles. The zero-order valence-electron chi connectivity index (χ0n) is 29.1. The molecule has 276 valence electrons. The number of nitrogens with one attached hydrogen (secondary N) is 3. The van der Waals surface area contributed by atoms with Gasteiger partial charge in [0.05, 0.1) is 22.4 Å². The minimum atomic E-state index is -4.37. The Kier molecular flexibility index (Phi) is 12.5. The quantitative estimate of drug-likeness (QED) is 0.164. The van der Waals surface area contributed by atoms with E-state index in [0.717, 1.165) is 17.4 Å². The number of sulfonamides is 1. The molecule has 0 saturated heterocycles. The Morgan fingerprint density at radius 1 is 0.846 bits per heavy atom. The Bertz CT molecular complexity index is 2160. The number of halogens is 2. The van der Waals surface area contributed by atoms with Crippen molar-refractivity contribution in [2.45, 2.75) is 70.0 Å². The number of hydrogen-bond acceptors (Lipinski definition) is 8. The molecule has 4 rings (SSSR count). The topological polar surface area (TPSA) is 175 Å². The van der Waals surface area contributed by atoms with Crippen molar-refractivity contribution in [3.8, 4) is 5.69 Å². The van der Waals surface area contributed by atoms with Gasteiger partial charge in [0.2, 0.25) is 0 Å². The fourth-order valence-electron chi connectivity index (χ4n) is 5.17. The SMILES string of the molecule is CCC(CC)NC(=O)c1ccc(S(=O)(=O)Nc2cc(F)c(C(=O)N[C@@H](Cc3ccc(-n4c(=O)ccn(C)c4=O)cc3)C(=O)OC(C)C)c(F)c2)cc1. The lowest BCUT2D eigenvalue weighted by Crippen LogP contribution is -2.44. The molecule has 1 aromatic heterocycles. The Balaban J connectivity index is 1.52. The number of aromatic nitrogens is 2. The highest BCUT2D eigenvalue weighted by atomic mass is 32.2. The van der Waals surface area contributed by atoms with Crippen LogP contribution in [0.5, 0.6) is 0 Å². The van der Waals surface area contributed by atoms with Crippen LogP contribution in [0.3, 0.4) is 0 Å². The third-order valence-corrected chi connectivity index (χ3v) is 9.40. The highest BCUT2D eigenvalue weighted by molar-refractivity contribution is 7.92. The van der Waals surface area contributed by atoms with Gasteiger partial charge in [-0.1, -0.05) is 26.0 Å². The van der Waals surface area contributed by atoms with E-state index >= 15 is 8.78 Å². The van der Waals surface area contributed by atoms with Gasteiger partial charge in [-0.15, -0.1) is 0 Å². The summed E-state index contributed by atoms with van der Waals surface area (Å²) in [7, 11) is -2.89. The summed E-state index contributed by atoms with van der Waals surface area (Å²) >= 11 is 0. The number of ether oxygens (including phenoxy) is 1. The van der Waals surface area contributed by atoms with Crippen LogP contribution in [0.25, 0.3) is 5.69 Å². The molecule has 0 aliphatic rings. The highest BCUT2D eigenvalue weighted by Gasteiger charge is 2.28. The number of aryl methyl sites for hydroxylation is 1. The number of hydrogen-bond donors (Lipinski definition) is 3. The molecule has 16 heteroatoms. The highest BCUT2D eigenvalue weighted by Crippen LogP contribution is 2.23. The van der Waals surface area contributed by atoms with Gasteiger partial charge in [-0.25, -0.2) is 31.4 Å². The summed E-state index contributed by atoms with van der Waals surface area (Å²) in [5.41, 5.74) is -1.82. The number of nitrogens with zero attached hydrogens (tertiary/aromatic N) is 2. The molecule has 0 unspecified atom stereocenters. The van der Waals surface area contributed by atoms with E-state index in [1.54, 1.807) is 13.8 Å². The van der Waals surface area contributed by atoms with Crippen LogP contribution < -0.4 is 26.6 Å². The average molecular weight is 740 g/mol. The zero-order chi connectivity index (χ0) is 38.3. The van der Waals surface area contributed by atoms with Gasteiger partial charge in [0, 0.05) is 37.3 Å². The molecule has 0 aliphatic carbocycles. The van der Waals surface area contributed by atoms with Crippen LogP contribution in [0, 0.1) is 11.6 Å². The molecule has 2 amide bonds. The third kappa shape index (κ3) is 9.37. The summed E-state index contributed by atoms with van der Waals surface area (Å²) in [5.74, 6) is -5.42. The molecule has 52 heavy (non-hydrogen) atoms. The van der Waals surface area contributed by atoms with Crippen molar-refractivity contribution in [3.63, 3.8) is 0 Å². The van der Waals surface area contributed by atoms with Crippen molar-refractivity contribution in [2.24, 2.45) is 7.05 Å². The Morgan fingerprint density at radius 3 is 2.00 bits per heavy atom. The molecular formula is C36H39F2N5O8S. The first-order valence-electron chi connectivity index (χ1n) is 16.4. The van der Waals surface area contributed by atoms with Crippen LogP contribution >= 0.6 is 0 Å². The minimum absolute atomic E-state index is 0.0436. The summed E-state index contributed by atoms with van der Waals surface area (Å²) in [5, 5.41) is 5.14. The molecule has 3 N–H and O–H groups in total. The van der Waals surface area contributed by atoms with Gasteiger partial charge in [0.1, 0.15) is 23.2 Å². The molecule has 0 saturated carbocycles. The summed E-state index contributed by atoms with van der Waals surface area (Å²) in [6, 6.07) is 11.9. The van der Waals surface area contributed by atoms with Crippen molar-refractivity contribution in [2.75, 3.05) is 4.72 Å². The van der Waals surface area contributed by atoms with Gasteiger partial charge < -0.3 is 19.9 Å². The molecule has 0 radical (unpaired) electrons. The van der Waals surface area contributed by atoms with Gasteiger partial charge in [0.15, 0.2) is 0 Å². The van der Waals surface area contributed by atoms with Crippen LogP contribution in [0.2, 0.25) is 0 Å². The predicted octanol–water partition coefficient (Wildman–Crippen LogP) is 3.83. The number of rotatable bonds is 14. The van der Waals surface area contributed by atoms with E-state index in [4.69, 9.17) is 4.74 Å². The van der Waals surface area contributed by atoms with Crippen LogP contribution in [0.4, 0.5) is 14.5 Å². The second-order valence-corrected chi connectivity index (χ2v) is 13.9. The van der Waals surface area contributed by atoms with Crippen molar-refractivity contribution in [1.29, 1.82) is 0 Å². The van der Waals surface area contributed by atoms with E-state index in [-0.39, 0.29) is 34.5 Å². The Morgan fingerprint density at radius 2 is 1.44 bits per heavy atom. The van der Waals surface area contributed by atoms with Crippen LogP contribution in [0.15, 0.2) is 87.4 Å². The first-order valence-corrected chi connectivity index (χ1v) is 17.8. The summed E-state index contributed by atoms with van der Waals surface area (Å²) in [6.45, 7) is 6.99. The average Bonchev–Trinajstić information content (AvgIpc) is 3.08. The van der Waals surface area contributed by atoms with Gasteiger partial charge in [-0.05, 0) is 80.8 Å². The first-order chi connectivity index (χ1) is 24.5. The monoisotopic (exact) mass is 739 g/mol. The maximum Gasteiger partial charge on any atom is 0.335 e. The summed E-state index contributed by atoms with van der Waals surface area (Å²) < 4.78 is 66.1. The molecule has 4 aromatic rings. The van der Waals surface area contributed by atoms with E-state index in [9.17, 15) is 32.4 Å². The maximum absolute atomic E-state index is 15.3. The Hall–Kier alpha value is -5.64. The predicted molar refractivity (Wildman–Crippen MR) is 189 cm³/mol. The molecule has 0 bridgehead atoms. The second kappa shape index (κ2) is 16.6. The number of carbonyl (C=O) groups is 3. The lowest BCUT2D eigenvalue weighted by atomic mass is 10.0. The smallest absolute Gasteiger partial charge is 0.335 e. The van der Waals surface area contributed by atoms with Crippen LogP contribution in [-0.4, -0.2) is 53.5 Å². The molecular weight excluding hydrogens is 700 g/mol. The normalized spacial score (nSPS) is 12.0. The molecule has 0 fully saturated rings. The fourth-order valence-corrected chi connectivity index (χ4v) is 6.21. The standard InChI is InChI=1S/C36H39F2N5O8S/c1-6-24(7-2)39-33(45)23-10-14-27(15-11-23)52(49,50)41-25-19-28(37)32(29(38)20-25)34(46)40-30(35(47)51-21(3)4)18-22-8-12-26(13-9-22)43-31(44)16-17-42(5)36(43)48/h8-17,19-21,24,30,41H,6-7,18H2,1-5H3,(H,39,45)(H,40,46)/t30-/m0/s1. The van der Waals surface area contributed by atoms with Crippen LogP contribution in [0.1, 0.15) is 66.8 Å². The summed E-state index contributed by atoms with van der Waals surface area (Å²) in [6.07, 6.45) is 1.98. The van der Waals surface area contributed by atoms with Crippen LogP contribution in [-0.2, 0) is 33.0 Å². The van der Waals surface area contributed by atoms with Crippen molar-refractivity contribution in [3.05, 3.63) is 122 Å². The molecule has 3 aromatic carbocycles. The van der Waals surface area contributed by atoms with Crippen molar-refractivity contribution >= 4 is 33.5 Å². The molecule has 13 nitrogen and oxygen atoms in total. The largest absolute Gasteiger partial charge is 0.461 e. The number of benzene rings is 3. The number of esters is 1. The van der Waals surface area contributed by atoms with E-state index in [1.807, 2.05) is 13.8 Å². The number of anilines is 1. The van der Waals surface area contributed by atoms with Crippen molar-refractivity contribution in [1.82, 2.24) is 19.8 Å². The third-order valence-electron chi connectivity index (χ3n) is 8.00. The van der Waals surface area contributed by atoms with Crippen molar-refractivity contribution < 1.29 is 36.3 Å². The van der Waals surface area contributed by atoms with E-state index in [0.29, 0.717) is 17.7 Å². The lowest BCUT2D eigenvalue weighted by molar-refractivity contribution is -0.149. The lowest BCUT2D eigenvalue weighted by Gasteiger charge is -2.20. The van der Waals surface area contributed by atoms with Gasteiger partial charge >= 0.3 is 11.7 Å². The van der Waals surface area contributed by atoms with Gasteiger partial charge in [0.25, 0.3) is 27.4 Å². The Labute approximate surface area is 298 Å². The minimum Gasteiger partial charge on any atom is -0.461 e. The molecule has 0 aliphatic heterocycles. The summed E-state index contributed by atoms with van der Waals surface area (Å²) in [4.78, 5) is 63.2. The van der Waals surface area contributed by atoms with Gasteiger partial charge in [-0.2, -0.15) is 0 Å². The first kappa shape index (κ1) is 39.2. The fraction of sp³-hybridized carbons (Fsp3) is 0.306. The zero-order valence-corrected chi connectivity index (χ0v) is 29.9. The molecule has 1 atom stereocenters. The van der Waals surface area contributed by atoms with E-state index in [1.165, 1.54) is 72.4 Å². The number of carbonyl (C=O) groups excluding carboxylic acids is 3. The second-order valence-electron chi connectivity index (χ2n) is 12.2. The van der Waals surface area contributed by atoms with E-state index in [2.05, 4.69) is 15.4 Å². The van der Waals surface area contributed by atoms with Gasteiger partial charge in [-0.3, -0.25) is 19.1 Å². The molecule has 0 spiro atoms. The maximum atomic E-state index is 15.3. The number of amides is 2.